The van der Waals surface area contributed by atoms with Crippen LogP contribution in [0.2, 0.25) is 0 Å². The molecule has 98 valence electrons. The van der Waals surface area contributed by atoms with Crippen molar-refractivity contribution in [3.05, 3.63) is 23.4 Å². The molecule has 1 aliphatic rings. The predicted molar refractivity (Wildman–Crippen MR) is 72.3 cm³/mol. The Morgan fingerprint density at radius 2 is 2.06 bits per heavy atom. The lowest BCUT2D eigenvalue weighted by Crippen LogP contribution is -2.40. The van der Waals surface area contributed by atoms with Gasteiger partial charge in [-0.25, -0.2) is 4.98 Å². The monoisotopic (exact) mass is 247 g/mol. The number of amides is 1. The minimum Gasteiger partial charge on any atom is -0.327 e. The van der Waals surface area contributed by atoms with E-state index in [9.17, 15) is 4.79 Å². The molecular formula is C14H21N3O. The number of nitrogens with zero attached hydrogens (tertiary/aromatic N) is 1. The fourth-order valence-corrected chi connectivity index (χ4v) is 2.61. The summed E-state index contributed by atoms with van der Waals surface area (Å²) in [7, 11) is 0. The van der Waals surface area contributed by atoms with Crippen molar-refractivity contribution in [2.45, 2.75) is 45.6 Å². The highest BCUT2D eigenvalue weighted by Crippen LogP contribution is 2.24. The molecule has 1 fully saturated rings. The van der Waals surface area contributed by atoms with Crippen LogP contribution < -0.4 is 11.1 Å². The predicted octanol–water partition coefficient (Wildman–Crippen LogP) is 2.15. The zero-order valence-electron chi connectivity index (χ0n) is 11.1. The van der Waals surface area contributed by atoms with Crippen LogP contribution in [-0.2, 0) is 4.79 Å². The molecule has 4 heteroatoms. The maximum absolute atomic E-state index is 12.2. The van der Waals surface area contributed by atoms with Crippen LogP contribution in [-0.4, -0.2) is 16.9 Å². The Kier molecular flexibility index (Phi) is 3.97. The van der Waals surface area contributed by atoms with Crippen LogP contribution in [0.4, 0.5) is 5.82 Å². The molecule has 0 bridgehead atoms. The van der Waals surface area contributed by atoms with Gasteiger partial charge in [-0.1, -0.05) is 12.8 Å². The van der Waals surface area contributed by atoms with Gasteiger partial charge in [0.2, 0.25) is 5.91 Å². The Morgan fingerprint density at radius 3 is 2.72 bits per heavy atom. The Balaban J connectivity index is 2.06. The number of carbonyl (C=O) groups excluding carboxylic acids is 1. The van der Waals surface area contributed by atoms with Gasteiger partial charge < -0.3 is 11.1 Å². The summed E-state index contributed by atoms with van der Waals surface area (Å²) in [6.45, 7) is 3.92. The van der Waals surface area contributed by atoms with Crippen LogP contribution in [0, 0.1) is 19.8 Å². The average Bonchev–Trinajstić information content (AvgIpc) is 2.27. The quantitative estimate of drug-likeness (QED) is 0.841. The number of pyridine rings is 1. The van der Waals surface area contributed by atoms with Crippen LogP contribution >= 0.6 is 0 Å². The van der Waals surface area contributed by atoms with Crippen molar-refractivity contribution in [2.75, 3.05) is 5.32 Å². The molecule has 0 radical (unpaired) electrons. The van der Waals surface area contributed by atoms with Crippen molar-refractivity contribution in [1.29, 1.82) is 0 Å². The van der Waals surface area contributed by atoms with E-state index in [1.54, 1.807) is 0 Å². The number of hydrogen-bond acceptors (Lipinski definition) is 3. The van der Waals surface area contributed by atoms with Crippen molar-refractivity contribution in [3.8, 4) is 0 Å². The van der Waals surface area contributed by atoms with Gasteiger partial charge in [0.25, 0.3) is 0 Å². The fourth-order valence-electron chi connectivity index (χ4n) is 2.61. The smallest absolute Gasteiger partial charge is 0.230 e. The van der Waals surface area contributed by atoms with Crippen LogP contribution in [0.3, 0.4) is 0 Å². The fraction of sp³-hybridized carbons (Fsp3) is 0.571. The van der Waals surface area contributed by atoms with E-state index in [1.165, 1.54) is 0 Å². The topological polar surface area (TPSA) is 68.0 Å². The Bertz CT molecular complexity index is 424. The second-order valence-corrected chi connectivity index (χ2v) is 5.22. The Labute approximate surface area is 108 Å². The second-order valence-electron chi connectivity index (χ2n) is 5.22. The normalized spacial score (nSPS) is 23.7. The Hall–Kier alpha value is -1.42. The first kappa shape index (κ1) is 13.0. The Morgan fingerprint density at radius 1 is 1.33 bits per heavy atom. The molecule has 2 rings (SSSR count). The molecule has 2 atom stereocenters. The molecule has 3 N–H and O–H groups in total. The highest BCUT2D eigenvalue weighted by Gasteiger charge is 2.28. The van der Waals surface area contributed by atoms with E-state index in [0.717, 1.165) is 36.9 Å². The zero-order valence-corrected chi connectivity index (χ0v) is 11.1. The zero-order chi connectivity index (χ0) is 13.1. The summed E-state index contributed by atoms with van der Waals surface area (Å²) >= 11 is 0. The minimum atomic E-state index is -0.0682. The van der Waals surface area contributed by atoms with E-state index in [-0.39, 0.29) is 17.9 Å². The van der Waals surface area contributed by atoms with E-state index in [2.05, 4.69) is 10.3 Å². The maximum Gasteiger partial charge on any atom is 0.230 e. The number of carbonyl (C=O) groups is 1. The first-order valence-electron chi connectivity index (χ1n) is 6.58. The van der Waals surface area contributed by atoms with Gasteiger partial charge in [0, 0.05) is 11.7 Å². The average molecular weight is 247 g/mol. The number of hydrogen-bond donors (Lipinski definition) is 2. The van der Waals surface area contributed by atoms with E-state index < -0.39 is 0 Å². The summed E-state index contributed by atoms with van der Waals surface area (Å²) in [6.07, 6.45) is 4.05. The van der Waals surface area contributed by atoms with E-state index >= 15 is 0 Å². The van der Waals surface area contributed by atoms with Crippen LogP contribution in [0.15, 0.2) is 12.1 Å². The van der Waals surface area contributed by atoms with Crippen molar-refractivity contribution in [2.24, 2.45) is 11.7 Å². The lowest BCUT2D eigenvalue weighted by atomic mass is 9.84. The molecule has 1 aromatic heterocycles. The summed E-state index contributed by atoms with van der Waals surface area (Å²) in [5.41, 5.74) is 8.03. The number of aromatic nitrogens is 1. The van der Waals surface area contributed by atoms with Gasteiger partial charge in [0.05, 0.1) is 5.92 Å². The third-order valence-corrected chi connectivity index (χ3v) is 3.51. The largest absolute Gasteiger partial charge is 0.327 e. The molecule has 0 spiro atoms. The van der Waals surface area contributed by atoms with Gasteiger partial charge in [0.15, 0.2) is 0 Å². The summed E-state index contributed by atoms with van der Waals surface area (Å²) < 4.78 is 0. The molecule has 1 heterocycles. The molecule has 0 saturated heterocycles. The summed E-state index contributed by atoms with van der Waals surface area (Å²) in [4.78, 5) is 16.5. The van der Waals surface area contributed by atoms with Gasteiger partial charge in [0.1, 0.15) is 5.82 Å². The van der Waals surface area contributed by atoms with Gasteiger partial charge in [-0.2, -0.15) is 0 Å². The summed E-state index contributed by atoms with van der Waals surface area (Å²) in [5.74, 6) is 0.580. The highest BCUT2D eigenvalue weighted by molar-refractivity contribution is 5.92. The van der Waals surface area contributed by atoms with Crippen molar-refractivity contribution < 1.29 is 4.79 Å². The standard InChI is InChI=1S/C14H21N3O/c1-9-7-10(2)16-13(8-9)17-14(18)11-5-3-4-6-12(11)15/h7-8,11-12H,3-6,15H2,1-2H3,(H,16,17,18). The molecule has 0 aromatic carbocycles. The first-order chi connectivity index (χ1) is 8.56. The third kappa shape index (κ3) is 3.07. The van der Waals surface area contributed by atoms with Crippen molar-refractivity contribution >= 4 is 11.7 Å². The minimum absolute atomic E-state index is 0.00958. The van der Waals surface area contributed by atoms with Crippen LogP contribution in [0.25, 0.3) is 0 Å². The van der Waals surface area contributed by atoms with E-state index in [4.69, 9.17) is 5.73 Å². The van der Waals surface area contributed by atoms with Crippen molar-refractivity contribution in [3.63, 3.8) is 0 Å². The number of anilines is 1. The van der Waals surface area contributed by atoms with Crippen LogP contribution in [0.5, 0.6) is 0 Å². The highest BCUT2D eigenvalue weighted by atomic mass is 16.2. The molecular weight excluding hydrogens is 226 g/mol. The van der Waals surface area contributed by atoms with Crippen LogP contribution in [0.1, 0.15) is 36.9 Å². The second kappa shape index (κ2) is 5.48. The van der Waals surface area contributed by atoms with Gasteiger partial charge in [-0.3, -0.25) is 4.79 Å². The maximum atomic E-state index is 12.2. The first-order valence-corrected chi connectivity index (χ1v) is 6.58. The summed E-state index contributed by atoms with van der Waals surface area (Å²) in [5, 5.41) is 2.89. The molecule has 1 saturated carbocycles. The molecule has 4 nitrogen and oxygen atoms in total. The van der Waals surface area contributed by atoms with Gasteiger partial charge in [-0.15, -0.1) is 0 Å². The SMILES string of the molecule is Cc1cc(C)nc(NC(=O)C2CCCCC2N)c1. The lowest BCUT2D eigenvalue weighted by molar-refractivity contribution is -0.121. The van der Waals surface area contributed by atoms with Gasteiger partial charge >= 0.3 is 0 Å². The van der Waals surface area contributed by atoms with E-state index in [1.807, 2.05) is 26.0 Å². The molecule has 2 unspecified atom stereocenters. The summed E-state index contributed by atoms with van der Waals surface area (Å²) in [6, 6.07) is 3.87. The number of aryl methyl sites for hydroxylation is 2. The van der Waals surface area contributed by atoms with E-state index in [0.29, 0.717) is 5.82 Å². The molecule has 1 aromatic rings. The molecule has 0 aliphatic heterocycles. The lowest BCUT2D eigenvalue weighted by Gasteiger charge is -2.27. The third-order valence-electron chi connectivity index (χ3n) is 3.51. The molecule has 1 aliphatic carbocycles. The number of rotatable bonds is 2. The molecule has 18 heavy (non-hydrogen) atoms. The number of nitrogens with one attached hydrogen (secondary N) is 1. The van der Waals surface area contributed by atoms with Crippen molar-refractivity contribution in [1.82, 2.24) is 4.98 Å². The van der Waals surface area contributed by atoms with Gasteiger partial charge in [-0.05, 0) is 44.4 Å². The molecule has 1 amide bonds. The number of nitrogens with two attached hydrogens (primary N) is 1.